The average Bonchev–Trinajstić information content (AvgIpc) is 3.74. The van der Waals surface area contributed by atoms with Crippen LogP contribution in [0.15, 0.2) is 4.99 Å². The van der Waals surface area contributed by atoms with Crippen LogP contribution in [0.5, 0.6) is 0 Å². The summed E-state index contributed by atoms with van der Waals surface area (Å²) in [7, 11) is 1.42. The number of guanidine groups is 1. The van der Waals surface area contributed by atoms with E-state index in [0.29, 0.717) is 38.8 Å². The van der Waals surface area contributed by atoms with Gasteiger partial charge in [-0.05, 0) is 71.1 Å². The Hall–Kier alpha value is -6.07. The van der Waals surface area contributed by atoms with E-state index in [-0.39, 0.29) is 56.0 Å². The lowest BCUT2D eigenvalue weighted by atomic mass is 9.99. The van der Waals surface area contributed by atoms with Crippen LogP contribution in [0.1, 0.15) is 107 Å². The molecule has 1 rings (SSSR count). The molecule has 1 saturated heterocycles. The van der Waals surface area contributed by atoms with E-state index in [4.69, 9.17) is 11.5 Å². The van der Waals surface area contributed by atoms with E-state index >= 15 is 0 Å². The van der Waals surface area contributed by atoms with E-state index in [1.165, 1.54) is 32.7 Å². The zero-order chi connectivity index (χ0) is 51.1. The van der Waals surface area contributed by atoms with Crippen LogP contribution in [0, 0.1) is 11.8 Å². The molecule has 1 aliphatic heterocycles. The molecule has 13 N–H and O–H groups in total. The Balaban J connectivity index is 3.14. The standard InChI is InChI=1S/C43H77N13O11/c1-11-15-28(37(62)49-25(7)36(61)51-29(16-13-18-47-43(44)45)42(67)56-19-14-17-31(56)39(64)46-12-2)50-41(66)35(26(8)57)54-38(63)30(20-23(3)4)52-40(65)34(24(5)6)53-32(59)21-48-33(60)22-55(10)27(9)58/h23-26,28-31,34-35,57H,11-22H2,1-10H3,(H,46,64)(H,48,60)(H,49,62)(H,50,66)(H,51,61)(H,52,65)(H,53,59)(H,54,63)(H4,44,45,47)/t25-,26+,28-,29-,30+,31-,34-,35-/m0/s1. The van der Waals surface area contributed by atoms with E-state index < -0.39 is 108 Å². The molecule has 10 amide bonds. The number of hydrogen-bond donors (Lipinski definition) is 11. The molecule has 0 bridgehead atoms. The Kier molecular flexibility index (Phi) is 26.0. The highest BCUT2D eigenvalue weighted by atomic mass is 16.3. The highest BCUT2D eigenvalue weighted by molar-refractivity contribution is 5.98. The maximum absolute atomic E-state index is 13.8. The van der Waals surface area contributed by atoms with Gasteiger partial charge in [0.15, 0.2) is 5.96 Å². The molecule has 24 nitrogen and oxygen atoms in total. The van der Waals surface area contributed by atoms with Crippen molar-refractivity contribution in [2.75, 3.05) is 39.8 Å². The Bertz CT molecular complexity index is 1760. The van der Waals surface area contributed by atoms with Gasteiger partial charge in [-0.3, -0.25) is 52.9 Å². The van der Waals surface area contributed by atoms with Gasteiger partial charge in [0, 0.05) is 33.6 Å². The van der Waals surface area contributed by atoms with Gasteiger partial charge in [0.05, 0.1) is 19.2 Å². The third kappa shape index (κ3) is 21.0. The average molecular weight is 952 g/mol. The summed E-state index contributed by atoms with van der Waals surface area (Å²) in [5.41, 5.74) is 10.9. The van der Waals surface area contributed by atoms with Crippen LogP contribution < -0.4 is 54.0 Å². The Labute approximate surface area is 393 Å². The predicted octanol–water partition coefficient (Wildman–Crippen LogP) is -3.43. The molecule has 1 fully saturated rings. The zero-order valence-corrected chi connectivity index (χ0v) is 40.8. The first kappa shape index (κ1) is 58.9. The molecule has 8 atom stereocenters. The van der Waals surface area contributed by atoms with Crippen molar-refractivity contribution in [1.82, 2.24) is 52.3 Å². The number of carbonyl (C=O) groups excluding carboxylic acids is 10. The van der Waals surface area contributed by atoms with E-state index in [9.17, 15) is 53.1 Å². The first-order chi connectivity index (χ1) is 31.3. The largest absolute Gasteiger partial charge is 0.391 e. The number of likely N-dealkylation sites (N-methyl/N-ethyl adjacent to an activating group) is 2. The monoisotopic (exact) mass is 952 g/mol. The molecule has 0 aromatic carbocycles. The molecular weight excluding hydrogens is 875 g/mol. The number of aliphatic hydroxyl groups is 1. The van der Waals surface area contributed by atoms with Crippen molar-refractivity contribution < 1.29 is 53.1 Å². The number of rotatable bonds is 28. The van der Waals surface area contributed by atoms with E-state index in [2.05, 4.69) is 47.5 Å². The molecule has 0 saturated carbocycles. The minimum absolute atomic E-state index is 0.0839. The van der Waals surface area contributed by atoms with E-state index in [0.717, 1.165) is 4.90 Å². The number of nitrogens with one attached hydrogen (secondary N) is 8. The van der Waals surface area contributed by atoms with Gasteiger partial charge in [0.25, 0.3) is 0 Å². The summed E-state index contributed by atoms with van der Waals surface area (Å²) in [6.07, 6.45) is 0.513. The number of amides is 10. The number of hydrogen-bond acceptors (Lipinski definition) is 12. The molecule has 0 spiro atoms. The van der Waals surface area contributed by atoms with Gasteiger partial charge in [-0.2, -0.15) is 0 Å². The quantitative estimate of drug-likeness (QED) is 0.0207. The second-order valence-electron chi connectivity index (χ2n) is 17.5. The fourth-order valence-electron chi connectivity index (χ4n) is 7.00. The number of aliphatic hydroxyl groups excluding tert-OH is 1. The lowest BCUT2D eigenvalue weighted by Crippen LogP contribution is -2.62. The summed E-state index contributed by atoms with van der Waals surface area (Å²) >= 11 is 0. The van der Waals surface area contributed by atoms with Gasteiger partial charge in [0.2, 0.25) is 59.1 Å². The third-order valence-corrected chi connectivity index (χ3v) is 10.7. The topological polar surface area (TPSA) is 358 Å². The number of aliphatic imine (C=N–C) groups is 1. The fourth-order valence-corrected chi connectivity index (χ4v) is 7.00. The molecule has 24 heteroatoms. The maximum atomic E-state index is 13.8. The molecule has 1 heterocycles. The van der Waals surface area contributed by atoms with Crippen molar-refractivity contribution in [2.45, 2.75) is 156 Å². The number of nitrogens with two attached hydrogens (primary N) is 2. The Morgan fingerprint density at radius 1 is 0.731 bits per heavy atom. The minimum Gasteiger partial charge on any atom is -0.391 e. The van der Waals surface area contributed by atoms with Crippen LogP contribution in [0.3, 0.4) is 0 Å². The summed E-state index contributed by atoms with van der Waals surface area (Å²) in [5, 5.41) is 31.3. The van der Waals surface area contributed by atoms with Crippen molar-refractivity contribution in [3.05, 3.63) is 0 Å². The number of nitrogens with zero attached hydrogens (tertiary/aromatic N) is 3. The normalized spacial score (nSPS) is 16.4. The number of carbonyl (C=O) groups is 10. The molecule has 0 aliphatic carbocycles. The molecule has 0 aromatic heterocycles. The minimum atomic E-state index is -1.61. The van der Waals surface area contributed by atoms with Gasteiger partial charge in [-0.15, -0.1) is 0 Å². The van der Waals surface area contributed by atoms with Crippen LogP contribution in [0.25, 0.3) is 0 Å². The molecule has 67 heavy (non-hydrogen) atoms. The van der Waals surface area contributed by atoms with Gasteiger partial charge < -0.3 is 68.9 Å². The lowest BCUT2D eigenvalue weighted by Gasteiger charge is -2.30. The van der Waals surface area contributed by atoms with Gasteiger partial charge in [0.1, 0.15) is 42.3 Å². The van der Waals surface area contributed by atoms with Crippen LogP contribution in [0.4, 0.5) is 0 Å². The van der Waals surface area contributed by atoms with Crippen LogP contribution >= 0.6 is 0 Å². The lowest BCUT2D eigenvalue weighted by molar-refractivity contribution is -0.142. The van der Waals surface area contributed by atoms with Crippen molar-refractivity contribution in [1.29, 1.82) is 0 Å². The third-order valence-electron chi connectivity index (χ3n) is 10.7. The Morgan fingerprint density at radius 2 is 1.33 bits per heavy atom. The Morgan fingerprint density at radius 3 is 1.88 bits per heavy atom. The van der Waals surface area contributed by atoms with Crippen molar-refractivity contribution in [3.8, 4) is 0 Å². The fraction of sp³-hybridized carbons (Fsp3) is 0.744. The van der Waals surface area contributed by atoms with Crippen molar-refractivity contribution in [3.63, 3.8) is 0 Å². The molecular formula is C43H77N13O11. The zero-order valence-electron chi connectivity index (χ0n) is 40.8. The van der Waals surface area contributed by atoms with E-state index in [1.54, 1.807) is 41.5 Å². The van der Waals surface area contributed by atoms with Crippen molar-refractivity contribution in [2.24, 2.45) is 28.3 Å². The predicted molar refractivity (Wildman–Crippen MR) is 248 cm³/mol. The van der Waals surface area contributed by atoms with Gasteiger partial charge in [-0.1, -0.05) is 41.0 Å². The maximum Gasteiger partial charge on any atom is 0.245 e. The molecule has 380 valence electrons. The SMILES string of the molecule is CCC[C@H](NC(=O)[C@@H](NC(=O)[C@@H](CC(C)C)NC(=O)[C@@H](NC(=O)CNC(=O)CN(C)C(C)=O)C(C)C)[C@@H](C)O)C(=O)N[C@@H](C)C(=O)N[C@@H](CCCN=C(N)N)C(=O)N1CCC[C@H]1C(=O)NCC. The summed E-state index contributed by atoms with van der Waals surface area (Å²) < 4.78 is 0. The highest BCUT2D eigenvalue weighted by Crippen LogP contribution is 2.20. The molecule has 1 aliphatic rings. The number of likely N-dealkylation sites (tertiary alicyclic amines) is 1. The van der Waals surface area contributed by atoms with Crippen LogP contribution in [-0.2, 0) is 47.9 Å². The van der Waals surface area contributed by atoms with Gasteiger partial charge in [-0.25, -0.2) is 0 Å². The summed E-state index contributed by atoms with van der Waals surface area (Å²) in [4.78, 5) is 138. The summed E-state index contributed by atoms with van der Waals surface area (Å²) in [5.74, 6) is -7.23. The highest BCUT2D eigenvalue weighted by Gasteiger charge is 2.39. The molecule has 0 unspecified atom stereocenters. The first-order valence-corrected chi connectivity index (χ1v) is 23.0. The summed E-state index contributed by atoms with van der Waals surface area (Å²) in [6, 6.07) is -8.29. The van der Waals surface area contributed by atoms with E-state index in [1.807, 2.05) is 0 Å². The van der Waals surface area contributed by atoms with Crippen LogP contribution in [0.2, 0.25) is 0 Å². The van der Waals surface area contributed by atoms with Crippen LogP contribution in [-0.4, -0.2) is 168 Å². The second-order valence-corrected chi connectivity index (χ2v) is 17.5. The second kappa shape index (κ2) is 29.5. The van der Waals surface area contributed by atoms with Gasteiger partial charge >= 0.3 is 0 Å². The molecule has 0 radical (unpaired) electrons. The smallest absolute Gasteiger partial charge is 0.245 e. The summed E-state index contributed by atoms with van der Waals surface area (Å²) in [6.45, 7) is 14.4. The molecule has 0 aromatic rings. The first-order valence-electron chi connectivity index (χ1n) is 23.0. The van der Waals surface area contributed by atoms with Crippen molar-refractivity contribution >= 4 is 65.0 Å².